The number of carbonyl (C=O) groups is 2. The zero-order chi connectivity index (χ0) is 13.7. The van der Waals surface area contributed by atoms with E-state index in [1.165, 1.54) is 0 Å². The Hall–Kier alpha value is -2.33. The molecule has 2 aromatic rings. The Bertz CT molecular complexity index is 573. The normalized spacial score (nSPS) is 9.74. The van der Waals surface area contributed by atoms with Crippen molar-refractivity contribution in [1.29, 1.82) is 0 Å². The van der Waals surface area contributed by atoms with Gasteiger partial charge in [-0.1, -0.05) is 36.4 Å². The molecule has 0 saturated carbocycles. The van der Waals surface area contributed by atoms with Crippen LogP contribution < -0.4 is 9.74 Å². The molecule has 0 aliphatic heterocycles. The fourth-order valence-electron chi connectivity index (χ4n) is 1.47. The smallest absolute Gasteiger partial charge is 0.318 e. The summed E-state index contributed by atoms with van der Waals surface area (Å²) in [6.45, 7) is 0. The van der Waals surface area contributed by atoms with E-state index >= 15 is 0 Å². The number of hydrogen-bond donors (Lipinski definition) is 1. The van der Waals surface area contributed by atoms with Crippen LogP contribution in [0.5, 0.6) is 0 Å². The minimum absolute atomic E-state index is 0.442. The Labute approximate surface area is 115 Å². The summed E-state index contributed by atoms with van der Waals surface area (Å²) in [6.07, 6.45) is 0. The minimum Gasteiger partial charge on any atom is -0.318 e. The molecule has 0 aliphatic rings. The molecular formula is C14H11ClN2O2. The highest BCUT2D eigenvalue weighted by Gasteiger charge is 2.21. The van der Waals surface area contributed by atoms with E-state index in [2.05, 4.69) is 5.32 Å². The third-order valence-corrected chi connectivity index (χ3v) is 2.74. The topological polar surface area (TPSA) is 49.4 Å². The Morgan fingerprint density at radius 3 is 2.00 bits per heavy atom. The summed E-state index contributed by atoms with van der Waals surface area (Å²) in [5, 5.41) is 2.48. The molecule has 0 aliphatic carbocycles. The summed E-state index contributed by atoms with van der Waals surface area (Å²) in [4.78, 5) is 23.6. The van der Waals surface area contributed by atoms with Crippen molar-refractivity contribution in [1.82, 2.24) is 0 Å². The van der Waals surface area contributed by atoms with Crippen LogP contribution in [0, 0.1) is 0 Å². The van der Waals surface area contributed by atoms with Gasteiger partial charge in [0.25, 0.3) is 0 Å². The number of nitrogens with one attached hydrogen (secondary N) is 1. The van der Waals surface area contributed by atoms with Gasteiger partial charge < -0.3 is 5.32 Å². The van der Waals surface area contributed by atoms with Gasteiger partial charge in [0.1, 0.15) is 0 Å². The van der Waals surface area contributed by atoms with Crippen LogP contribution >= 0.6 is 11.8 Å². The fourth-order valence-corrected chi connectivity index (χ4v) is 1.66. The molecule has 2 aromatic carbocycles. The van der Waals surface area contributed by atoms with E-state index in [0.717, 1.165) is 4.42 Å². The summed E-state index contributed by atoms with van der Waals surface area (Å²) in [5.41, 5.74) is 0.983. The maximum Gasteiger partial charge on any atom is 0.331 e. The molecule has 0 aromatic heterocycles. The van der Waals surface area contributed by atoms with Crippen LogP contribution in [0.2, 0.25) is 0 Å². The van der Waals surface area contributed by atoms with Gasteiger partial charge in [0.2, 0.25) is 0 Å². The number of anilines is 2. The van der Waals surface area contributed by atoms with Gasteiger partial charge in [-0.2, -0.15) is 0 Å². The van der Waals surface area contributed by atoms with E-state index in [1.807, 2.05) is 6.07 Å². The number of para-hydroxylation sites is 2. The zero-order valence-corrected chi connectivity index (χ0v) is 10.7. The van der Waals surface area contributed by atoms with Crippen LogP contribution in [-0.4, -0.2) is 11.8 Å². The van der Waals surface area contributed by atoms with Gasteiger partial charge >= 0.3 is 11.8 Å². The summed E-state index contributed by atoms with van der Waals surface area (Å²) in [5.74, 6) is -1.62. The summed E-state index contributed by atoms with van der Waals surface area (Å²) in [6, 6.07) is 17.2. The predicted octanol–water partition coefficient (Wildman–Crippen LogP) is 2.81. The van der Waals surface area contributed by atoms with Gasteiger partial charge in [-0.25, -0.2) is 4.42 Å². The molecule has 2 rings (SSSR count). The van der Waals surface area contributed by atoms with Crippen LogP contribution in [0.15, 0.2) is 60.7 Å². The third kappa shape index (κ3) is 3.33. The summed E-state index contributed by atoms with van der Waals surface area (Å²) in [7, 11) is 0. The number of hydrogen-bond acceptors (Lipinski definition) is 2. The standard InChI is InChI=1S/C14H11ClN2O2/c15-17(12-9-5-2-6-10-12)14(19)13(18)16-11-7-3-1-4-8-11/h1-10H,(H,16,18). The molecular weight excluding hydrogens is 264 g/mol. The number of carbonyl (C=O) groups excluding carboxylic acids is 2. The second-order valence-corrected chi connectivity index (χ2v) is 4.08. The number of halogens is 1. The first-order valence-electron chi connectivity index (χ1n) is 5.60. The summed E-state index contributed by atoms with van der Waals surface area (Å²) < 4.78 is 0.790. The highest BCUT2D eigenvalue weighted by atomic mass is 35.5. The van der Waals surface area contributed by atoms with Crippen molar-refractivity contribution >= 4 is 35.0 Å². The first kappa shape index (κ1) is 13.1. The van der Waals surface area contributed by atoms with Gasteiger partial charge in [-0.3, -0.25) is 9.59 Å². The molecule has 0 atom stereocenters. The fraction of sp³-hybridized carbons (Fsp3) is 0. The molecule has 0 fully saturated rings. The van der Waals surface area contributed by atoms with Crippen molar-refractivity contribution in [3.63, 3.8) is 0 Å². The quantitative estimate of drug-likeness (QED) is 0.676. The molecule has 0 radical (unpaired) electrons. The van der Waals surface area contributed by atoms with Gasteiger partial charge in [-0.15, -0.1) is 0 Å². The van der Waals surface area contributed by atoms with E-state index in [1.54, 1.807) is 54.6 Å². The Morgan fingerprint density at radius 1 is 0.895 bits per heavy atom. The average Bonchev–Trinajstić information content (AvgIpc) is 2.47. The Balaban J connectivity index is 2.06. The molecule has 96 valence electrons. The van der Waals surface area contributed by atoms with Crippen molar-refractivity contribution in [3.05, 3.63) is 60.7 Å². The molecule has 0 saturated heterocycles. The van der Waals surface area contributed by atoms with E-state index < -0.39 is 11.8 Å². The van der Waals surface area contributed by atoms with Gasteiger partial charge in [0, 0.05) is 17.5 Å². The van der Waals surface area contributed by atoms with Gasteiger partial charge in [0.05, 0.1) is 5.69 Å². The maximum absolute atomic E-state index is 11.8. The van der Waals surface area contributed by atoms with Gasteiger partial charge in [0.15, 0.2) is 0 Å². The molecule has 19 heavy (non-hydrogen) atoms. The molecule has 4 nitrogen and oxygen atoms in total. The molecule has 0 bridgehead atoms. The number of nitrogens with zero attached hydrogens (tertiary/aromatic N) is 1. The number of benzene rings is 2. The molecule has 1 N–H and O–H groups in total. The lowest BCUT2D eigenvalue weighted by atomic mass is 10.3. The summed E-state index contributed by atoms with van der Waals surface area (Å²) >= 11 is 5.84. The van der Waals surface area contributed by atoms with Crippen LogP contribution in [0.4, 0.5) is 11.4 Å². The minimum atomic E-state index is -0.836. The van der Waals surface area contributed by atoms with Crippen LogP contribution in [-0.2, 0) is 9.59 Å². The lowest BCUT2D eigenvalue weighted by molar-refractivity contribution is -0.133. The average molecular weight is 275 g/mol. The van der Waals surface area contributed by atoms with E-state index in [-0.39, 0.29) is 0 Å². The largest absolute Gasteiger partial charge is 0.331 e. The molecule has 2 amide bonds. The predicted molar refractivity (Wildman–Crippen MR) is 74.9 cm³/mol. The van der Waals surface area contributed by atoms with E-state index in [9.17, 15) is 9.59 Å². The SMILES string of the molecule is O=C(Nc1ccccc1)C(=O)N(Cl)c1ccccc1. The van der Waals surface area contributed by atoms with Crippen LogP contribution in [0.25, 0.3) is 0 Å². The van der Waals surface area contributed by atoms with Crippen LogP contribution in [0.1, 0.15) is 0 Å². The first-order valence-corrected chi connectivity index (χ1v) is 5.93. The van der Waals surface area contributed by atoms with Crippen molar-refractivity contribution < 1.29 is 9.59 Å². The highest BCUT2D eigenvalue weighted by Crippen LogP contribution is 2.16. The number of rotatable bonds is 2. The Morgan fingerprint density at radius 2 is 1.42 bits per heavy atom. The lowest BCUT2D eigenvalue weighted by Crippen LogP contribution is -2.33. The first-order chi connectivity index (χ1) is 9.18. The molecule has 0 heterocycles. The van der Waals surface area contributed by atoms with Crippen molar-refractivity contribution in [2.45, 2.75) is 0 Å². The van der Waals surface area contributed by atoms with E-state index in [4.69, 9.17) is 11.8 Å². The third-order valence-electron chi connectivity index (χ3n) is 2.39. The van der Waals surface area contributed by atoms with Crippen molar-refractivity contribution in [2.24, 2.45) is 0 Å². The van der Waals surface area contributed by atoms with Crippen molar-refractivity contribution in [3.8, 4) is 0 Å². The molecule has 0 unspecified atom stereocenters. The lowest BCUT2D eigenvalue weighted by Gasteiger charge is -2.13. The monoisotopic (exact) mass is 274 g/mol. The van der Waals surface area contributed by atoms with Crippen molar-refractivity contribution in [2.75, 3.05) is 9.74 Å². The van der Waals surface area contributed by atoms with E-state index in [0.29, 0.717) is 11.4 Å². The number of amides is 2. The second-order valence-electron chi connectivity index (χ2n) is 3.74. The van der Waals surface area contributed by atoms with Gasteiger partial charge in [-0.05, 0) is 24.3 Å². The second kappa shape index (κ2) is 6.02. The zero-order valence-electron chi connectivity index (χ0n) is 9.92. The van der Waals surface area contributed by atoms with Crippen LogP contribution in [0.3, 0.4) is 0 Å². The molecule has 5 heteroatoms. The maximum atomic E-state index is 11.8. The molecule has 0 spiro atoms. The highest BCUT2D eigenvalue weighted by molar-refractivity contribution is 6.54. The Kier molecular flexibility index (Phi) is 4.15.